The largest absolute Gasteiger partial charge is 0.384 e. The Morgan fingerprint density at radius 2 is 2.00 bits per heavy atom. The van der Waals surface area contributed by atoms with Gasteiger partial charge in [0.1, 0.15) is 0 Å². The van der Waals surface area contributed by atoms with Crippen LogP contribution in [0.2, 0.25) is 0 Å². The molecule has 0 saturated heterocycles. The van der Waals surface area contributed by atoms with Crippen LogP contribution in [0.1, 0.15) is 18.4 Å². The summed E-state index contributed by atoms with van der Waals surface area (Å²) in [5, 5.41) is 6.20. The quantitative estimate of drug-likeness (QED) is 0.660. The lowest BCUT2D eigenvalue weighted by atomic mass is 9.96. The summed E-state index contributed by atoms with van der Waals surface area (Å²) in [6.45, 7) is 3.36. The second kappa shape index (κ2) is 2.74. The SMILES string of the molecule is CC1CNc2ccc3ccccc3c21. The normalized spacial score (nSPS) is 19.4. The van der Waals surface area contributed by atoms with Gasteiger partial charge in [0.2, 0.25) is 0 Å². The molecule has 0 aliphatic carbocycles. The maximum absolute atomic E-state index is 3.44. The smallest absolute Gasteiger partial charge is 0.0382 e. The van der Waals surface area contributed by atoms with Crippen LogP contribution in [0.5, 0.6) is 0 Å². The number of hydrogen-bond donors (Lipinski definition) is 1. The van der Waals surface area contributed by atoms with E-state index in [4.69, 9.17) is 0 Å². The number of nitrogens with one attached hydrogen (secondary N) is 1. The minimum atomic E-state index is 0.635. The summed E-state index contributed by atoms with van der Waals surface area (Å²) in [6, 6.07) is 13.0. The molecule has 1 heteroatoms. The van der Waals surface area contributed by atoms with Gasteiger partial charge in [0, 0.05) is 18.2 Å². The molecule has 1 aliphatic heterocycles. The van der Waals surface area contributed by atoms with Crippen LogP contribution >= 0.6 is 0 Å². The molecule has 0 fully saturated rings. The highest BCUT2D eigenvalue weighted by molar-refractivity contribution is 5.91. The average Bonchev–Trinajstić information content (AvgIpc) is 2.61. The van der Waals surface area contributed by atoms with E-state index in [9.17, 15) is 0 Å². The van der Waals surface area contributed by atoms with Crippen molar-refractivity contribution in [1.29, 1.82) is 0 Å². The Labute approximate surface area is 83.8 Å². The Morgan fingerprint density at radius 1 is 1.14 bits per heavy atom. The summed E-state index contributed by atoms with van der Waals surface area (Å²) < 4.78 is 0. The molecule has 0 saturated carbocycles. The van der Waals surface area contributed by atoms with Crippen molar-refractivity contribution in [2.75, 3.05) is 11.9 Å². The van der Waals surface area contributed by atoms with Gasteiger partial charge >= 0.3 is 0 Å². The molecule has 1 heterocycles. The van der Waals surface area contributed by atoms with Crippen LogP contribution in [0.3, 0.4) is 0 Å². The first-order valence-corrected chi connectivity index (χ1v) is 5.12. The fourth-order valence-corrected chi connectivity index (χ4v) is 2.35. The van der Waals surface area contributed by atoms with Gasteiger partial charge in [0.25, 0.3) is 0 Å². The molecule has 1 aliphatic rings. The number of benzene rings is 2. The highest BCUT2D eigenvalue weighted by Gasteiger charge is 2.19. The van der Waals surface area contributed by atoms with E-state index in [0.717, 1.165) is 6.54 Å². The second-order valence-corrected chi connectivity index (χ2v) is 4.03. The molecule has 2 aromatic carbocycles. The topological polar surface area (TPSA) is 12.0 Å². The molecule has 0 radical (unpaired) electrons. The Balaban J connectivity index is 2.41. The Bertz CT molecular complexity index is 488. The molecule has 0 bridgehead atoms. The Morgan fingerprint density at radius 3 is 2.93 bits per heavy atom. The van der Waals surface area contributed by atoms with Gasteiger partial charge in [0.15, 0.2) is 0 Å². The minimum Gasteiger partial charge on any atom is -0.384 e. The molecule has 1 unspecified atom stereocenters. The van der Waals surface area contributed by atoms with Crippen LogP contribution in [0, 0.1) is 0 Å². The van der Waals surface area contributed by atoms with Gasteiger partial charge < -0.3 is 5.32 Å². The van der Waals surface area contributed by atoms with Crippen molar-refractivity contribution in [3.63, 3.8) is 0 Å². The maximum Gasteiger partial charge on any atom is 0.0382 e. The molecule has 2 aromatic rings. The van der Waals surface area contributed by atoms with Gasteiger partial charge in [-0.15, -0.1) is 0 Å². The molecule has 1 N–H and O–H groups in total. The summed E-state index contributed by atoms with van der Waals surface area (Å²) in [5.41, 5.74) is 2.80. The third kappa shape index (κ3) is 0.955. The monoisotopic (exact) mass is 183 g/mol. The van der Waals surface area contributed by atoms with E-state index >= 15 is 0 Å². The molecular formula is C13H13N. The maximum atomic E-state index is 3.44. The predicted octanol–water partition coefficient (Wildman–Crippen LogP) is 3.37. The fourth-order valence-electron chi connectivity index (χ4n) is 2.35. The van der Waals surface area contributed by atoms with Crippen molar-refractivity contribution in [3.05, 3.63) is 42.0 Å². The number of rotatable bonds is 0. The molecule has 0 spiro atoms. The summed E-state index contributed by atoms with van der Waals surface area (Å²) in [4.78, 5) is 0. The molecule has 1 nitrogen and oxygen atoms in total. The molecule has 70 valence electrons. The molecule has 3 rings (SSSR count). The zero-order chi connectivity index (χ0) is 9.54. The van der Waals surface area contributed by atoms with E-state index in [-0.39, 0.29) is 0 Å². The molecule has 14 heavy (non-hydrogen) atoms. The van der Waals surface area contributed by atoms with E-state index < -0.39 is 0 Å². The van der Waals surface area contributed by atoms with E-state index in [1.54, 1.807) is 0 Å². The molecular weight excluding hydrogens is 170 g/mol. The summed E-state index contributed by atoms with van der Waals surface area (Å²) >= 11 is 0. The lowest BCUT2D eigenvalue weighted by molar-refractivity contribution is 0.860. The number of fused-ring (bicyclic) bond motifs is 3. The first kappa shape index (κ1) is 7.86. The van der Waals surface area contributed by atoms with E-state index in [1.807, 2.05) is 0 Å². The van der Waals surface area contributed by atoms with Gasteiger partial charge in [-0.05, 0) is 22.4 Å². The predicted molar refractivity (Wildman–Crippen MR) is 60.9 cm³/mol. The zero-order valence-electron chi connectivity index (χ0n) is 8.25. The van der Waals surface area contributed by atoms with Gasteiger partial charge in [-0.2, -0.15) is 0 Å². The Kier molecular flexibility index (Phi) is 1.54. The molecule has 1 atom stereocenters. The lowest BCUT2D eigenvalue weighted by Gasteiger charge is -2.07. The van der Waals surface area contributed by atoms with Crippen LogP contribution in [-0.4, -0.2) is 6.54 Å². The van der Waals surface area contributed by atoms with Crippen LogP contribution in [0.4, 0.5) is 5.69 Å². The first-order valence-electron chi connectivity index (χ1n) is 5.12. The van der Waals surface area contributed by atoms with Gasteiger partial charge in [-0.25, -0.2) is 0 Å². The van der Waals surface area contributed by atoms with Crippen molar-refractivity contribution in [3.8, 4) is 0 Å². The average molecular weight is 183 g/mol. The standard InChI is InChI=1S/C13H13N/c1-9-8-14-12-7-6-10-4-2-3-5-11(10)13(9)12/h2-7,9,14H,8H2,1H3. The van der Waals surface area contributed by atoms with E-state index in [0.29, 0.717) is 5.92 Å². The van der Waals surface area contributed by atoms with E-state index in [1.165, 1.54) is 22.0 Å². The second-order valence-electron chi connectivity index (χ2n) is 4.03. The van der Waals surface area contributed by atoms with Crippen LogP contribution in [0.15, 0.2) is 36.4 Å². The van der Waals surface area contributed by atoms with Crippen molar-refractivity contribution in [2.24, 2.45) is 0 Å². The third-order valence-electron chi connectivity index (χ3n) is 3.06. The van der Waals surface area contributed by atoms with Crippen LogP contribution < -0.4 is 5.32 Å². The Hall–Kier alpha value is -1.50. The van der Waals surface area contributed by atoms with Gasteiger partial charge in [-0.1, -0.05) is 37.3 Å². The van der Waals surface area contributed by atoms with Crippen LogP contribution in [0.25, 0.3) is 10.8 Å². The van der Waals surface area contributed by atoms with Gasteiger partial charge in [0.05, 0.1) is 0 Å². The van der Waals surface area contributed by atoms with Crippen LogP contribution in [-0.2, 0) is 0 Å². The summed E-state index contributed by atoms with van der Waals surface area (Å²) in [6.07, 6.45) is 0. The van der Waals surface area contributed by atoms with E-state index in [2.05, 4.69) is 48.6 Å². The number of anilines is 1. The minimum absolute atomic E-state index is 0.635. The van der Waals surface area contributed by atoms with Gasteiger partial charge in [-0.3, -0.25) is 0 Å². The zero-order valence-corrected chi connectivity index (χ0v) is 8.25. The number of hydrogen-bond acceptors (Lipinski definition) is 1. The first-order chi connectivity index (χ1) is 6.86. The molecule has 0 aromatic heterocycles. The highest BCUT2D eigenvalue weighted by atomic mass is 14.9. The summed E-state index contributed by atoms with van der Waals surface area (Å²) in [5.74, 6) is 0.635. The lowest BCUT2D eigenvalue weighted by Crippen LogP contribution is -1.96. The molecule has 0 amide bonds. The third-order valence-corrected chi connectivity index (χ3v) is 3.06. The summed E-state index contributed by atoms with van der Waals surface area (Å²) in [7, 11) is 0. The van der Waals surface area contributed by atoms with Crippen molar-refractivity contribution in [1.82, 2.24) is 0 Å². The van der Waals surface area contributed by atoms with Crippen molar-refractivity contribution >= 4 is 16.5 Å². The fraction of sp³-hybridized carbons (Fsp3) is 0.231. The van der Waals surface area contributed by atoms with Crippen molar-refractivity contribution < 1.29 is 0 Å². The van der Waals surface area contributed by atoms with Crippen molar-refractivity contribution in [2.45, 2.75) is 12.8 Å². The highest BCUT2D eigenvalue weighted by Crippen LogP contribution is 2.36.